The maximum absolute atomic E-state index is 12.3. The van der Waals surface area contributed by atoms with Crippen molar-refractivity contribution >= 4 is 17.2 Å². The van der Waals surface area contributed by atoms with Gasteiger partial charge in [0.15, 0.2) is 0 Å². The molecule has 0 aromatic carbocycles. The highest BCUT2D eigenvalue weighted by Gasteiger charge is 2.42. The molecule has 0 saturated carbocycles. The fourth-order valence-corrected chi connectivity index (χ4v) is 5.35. The average Bonchev–Trinajstić information content (AvgIpc) is 3.29. The molecule has 1 amide bonds. The number of aromatic nitrogens is 2. The molecule has 4 heterocycles. The summed E-state index contributed by atoms with van der Waals surface area (Å²) in [4.78, 5) is 16.7. The van der Waals surface area contributed by atoms with Crippen LogP contribution in [0.25, 0.3) is 0 Å². The van der Waals surface area contributed by atoms with Gasteiger partial charge in [0.2, 0.25) is 0 Å². The molecular formula is C19H26N4O3S. The third-order valence-corrected chi connectivity index (χ3v) is 6.93. The number of likely N-dealkylation sites (tertiary alicyclic amines) is 1. The average molecular weight is 391 g/mol. The number of fused-ring (bicyclic) bond motifs is 2. The summed E-state index contributed by atoms with van der Waals surface area (Å²) in [5.41, 5.74) is 2.21. The van der Waals surface area contributed by atoms with Crippen molar-refractivity contribution in [1.82, 2.24) is 20.0 Å². The molecule has 0 atom stereocenters. The van der Waals surface area contributed by atoms with Crippen LogP contribution < -0.4 is 5.32 Å². The van der Waals surface area contributed by atoms with Crippen molar-refractivity contribution in [3.05, 3.63) is 39.3 Å². The molecule has 0 aliphatic carbocycles. The highest BCUT2D eigenvalue weighted by Crippen LogP contribution is 2.45. The lowest BCUT2D eigenvalue weighted by Crippen LogP contribution is -2.45. The van der Waals surface area contributed by atoms with Gasteiger partial charge in [-0.3, -0.25) is 14.4 Å². The van der Waals surface area contributed by atoms with Crippen LogP contribution in [-0.2, 0) is 30.4 Å². The van der Waals surface area contributed by atoms with Gasteiger partial charge in [0.05, 0.1) is 23.8 Å². The van der Waals surface area contributed by atoms with E-state index in [1.165, 1.54) is 16.1 Å². The van der Waals surface area contributed by atoms with Crippen LogP contribution in [-0.4, -0.2) is 58.5 Å². The molecule has 1 fully saturated rings. The summed E-state index contributed by atoms with van der Waals surface area (Å²) in [6.45, 7) is 3.79. The van der Waals surface area contributed by atoms with Crippen molar-refractivity contribution in [2.24, 2.45) is 7.05 Å². The zero-order valence-electron chi connectivity index (χ0n) is 15.6. The number of aliphatic hydroxyl groups excluding tert-OH is 1. The molecule has 4 rings (SSSR count). The second-order valence-corrected chi connectivity index (χ2v) is 8.31. The number of aryl methyl sites for hydroxylation is 1. The number of carbonyl (C=O) groups is 1. The molecule has 2 aliphatic rings. The van der Waals surface area contributed by atoms with Crippen LogP contribution >= 0.6 is 11.3 Å². The van der Waals surface area contributed by atoms with Gasteiger partial charge in [-0.2, -0.15) is 5.10 Å². The Morgan fingerprint density at radius 2 is 2.26 bits per heavy atom. The highest BCUT2D eigenvalue weighted by molar-refractivity contribution is 7.14. The molecule has 1 spiro atoms. The molecule has 0 radical (unpaired) electrons. The van der Waals surface area contributed by atoms with E-state index in [0.29, 0.717) is 6.61 Å². The van der Waals surface area contributed by atoms with E-state index in [1.54, 1.807) is 11.3 Å². The number of nitrogens with zero attached hydrogens (tertiary/aromatic N) is 3. The number of ether oxygens (including phenoxy) is 1. The molecule has 2 aromatic rings. The Hall–Kier alpha value is -1.74. The summed E-state index contributed by atoms with van der Waals surface area (Å²) in [5, 5.41) is 15.9. The van der Waals surface area contributed by atoms with Gasteiger partial charge in [0.25, 0.3) is 5.91 Å². The number of hydrogen-bond acceptors (Lipinski definition) is 6. The minimum atomic E-state index is -0.253. The van der Waals surface area contributed by atoms with Crippen LogP contribution in [0.2, 0.25) is 0 Å². The van der Waals surface area contributed by atoms with Gasteiger partial charge >= 0.3 is 0 Å². The van der Waals surface area contributed by atoms with E-state index in [-0.39, 0.29) is 24.7 Å². The predicted molar refractivity (Wildman–Crippen MR) is 103 cm³/mol. The molecule has 2 N–H and O–H groups in total. The van der Waals surface area contributed by atoms with Gasteiger partial charge in [-0.1, -0.05) is 0 Å². The Kier molecular flexibility index (Phi) is 5.32. The van der Waals surface area contributed by atoms with Gasteiger partial charge in [-0.05, 0) is 37.0 Å². The van der Waals surface area contributed by atoms with Gasteiger partial charge in [-0.25, -0.2) is 0 Å². The first-order chi connectivity index (χ1) is 13.1. The molecule has 7 nitrogen and oxygen atoms in total. The number of thiophene rings is 1. The highest BCUT2D eigenvalue weighted by atomic mass is 32.1. The summed E-state index contributed by atoms with van der Waals surface area (Å²) < 4.78 is 8.24. The van der Waals surface area contributed by atoms with Gasteiger partial charge in [-0.15, -0.1) is 11.3 Å². The van der Waals surface area contributed by atoms with Gasteiger partial charge in [0.1, 0.15) is 5.60 Å². The minimum Gasteiger partial charge on any atom is -0.395 e. The SMILES string of the molecule is Cn1nccc1CN1CCC2(CC1)OCCc1cc(C(=O)NCCO)sc12. The van der Waals surface area contributed by atoms with E-state index >= 15 is 0 Å². The maximum atomic E-state index is 12.3. The van der Waals surface area contributed by atoms with Crippen molar-refractivity contribution in [2.75, 3.05) is 32.8 Å². The van der Waals surface area contributed by atoms with Crippen molar-refractivity contribution in [1.29, 1.82) is 0 Å². The van der Waals surface area contributed by atoms with Gasteiger partial charge < -0.3 is 15.2 Å². The molecule has 146 valence electrons. The Morgan fingerprint density at radius 3 is 2.96 bits per heavy atom. The largest absolute Gasteiger partial charge is 0.395 e. The number of piperidine rings is 1. The molecule has 2 aromatic heterocycles. The number of aliphatic hydroxyl groups is 1. The minimum absolute atomic E-state index is 0.0453. The third kappa shape index (κ3) is 3.67. The van der Waals surface area contributed by atoms with E-state index in [0.717, 1.165) is 43.8 Å². The quantitative estimate of drug-likeness (QED) is 0.804. The lowest BCUT2D eigenvalue weighted by Gasteiger charge is -2.43. The van der Waals surface area contributed by atoms with Crippen LogP contribution in [0.3, 0.4) is 0 Å². The number of amides is 1. The first kappa shape index (κ1) is 18.6. The van der Waals surface area contributed by atoms with Crippen LogP contribution in [0, 0.1) is 0 Å². The molecule has 8 heteroatoms. The standard InChI is InChI=1S/C19H26N4O3S/c1-22-15(2-6-21-22)13-23-8-4-19(5-9-23)17-14(3-11-26-19)12-16(27-17)18(25)20-7-10-24/h2,6,12,24H,3-5,7-11,13H2,1H3,(H,20,25). The van der Waals surface area contributed by atoms with Crippen LogP contribution in [0.1, 0.15) is 38.6 Å². The smallest absolute Gasteiger partial charge is 0.261 e. The zero-order chi connectivity index (χ0) is 18.9. The van der Waals surface area contributed by atoms with E-state index < -0.39 is 0 Å². The molecule has 0 bridgehead atoms. The van der Waals surface area contributed by atoms with E-state index in [2.05, 4.69) is 21.4 Å². The molecule has 0 unspecified atom stereocenters. The molecule has 27 heavy (non-hydrogen) atoms. The zero-order valence-corrected chi connectivity index (χ0v) is 16.4. The van der Waals surface area contributed by atoms with E-state index in [9.17, 15) is 4.79 Å². The summed E-state index contributed by atoms with van der Waals surface area (Å²) >= 11 is 1.56. The fourth-order valence-electron chi connectivity index (χ4n) is 4.02. The van der Waals surface area contributed by atoms with Crippen LogP contribution in [0.5, 0.6) is 0 Å². The van der Waals surface area contributed by atoms with E-state index in [4.69, 9.17) is 9.84 Å². The van der Waals surface area contributed by atoms with E-state index in [1.807, 2.05) is 24.0 Å². The third-order valence-electron chi connectivity index (χ3n) is 5.57. The topological polar surface area (TPSA) is 79.6 Å². The number of rotatable bonds is 5. The summed E-state index contributed by atoms with van der Waals surface area (Å²) in [6, 6.07) is 4.08. The Morgan fingerprint density at radius 1 is 1.44 bits per heavy atom. The lowest BCUT2D eigenvalue weighted by molar-refractivity contribution is -0.0962. The Labute approximate surface area is 162 Å². The Balaban J connectivity index is 1.47. The monoisotopic (exact) mass is 390 g/mol. The number of carbonyl (C=O) groups excluding carboxylic acids is 1. The summed E-state index contributed by atoms with van der Waals surface area (Å²) in [6.07, 6.45) is 4.58. The normalized spacial score (nSPS) is 19.2. The first-order valence-electron chi connectivity index (χ1n) is 9.47. The second-order valence-electron chi connectivity index (χ2n) is 7.26. The molecule has 1 saturated heterocycles. The number of nitrogens with one attached hydrogen (secondary N) is 1. The molecular weight excluding hydrogens is 364 g/mol. The van der Waals surface area contributed by atoms with Crippen molar-refractivity contribution < 1.29 is 14.6 Å². The summed E-state index contributed by atoms with van der Waals surface area (Å²) in [5.74, 6) is -0.104. The lowest BCUT2D eigenvalue weighted by atomic mass is 9.85. The summed E-state index contributed by atoms with van der Waals surface area (Å²) in [7, 11) is 1.98. The van der Waals surface area contributed by atoms with Gasteiger partial charge in [0, 0.05) is 44.3 Å². The van der Waals surface area contributed by atoms with Crippen molar-refractivity contribution in [3.8, 4) is 0 Å². The van der Waals surface area contributed by atoms with Crippen molar-refractivity contribution in [2.45, 2.75) is 31.4 Å². The number of hydrogen-bond donors (Lipinski definition) is 2. The molecule has 2 aliphatic heterocycles. The predicted octanol–water partition coefficient (Wildman–Crippen LogP) is 1.27. The maximum Gasteiger partial charge on any atom is 0.261 e. The fraction of sp³-hybridized carbons (Fsp3) is 0.579. The van der Waals surface area contributed by atoms with Crippen molar-refractivity contribution in [3.63, 3.8) is 0 Å². The first-order valence-corrected chi connectivity index (χ1v) is 10.3. The Bertz CT molecular complexity index is 808. The van der Waals surface area contributed by atoms with Crippen LogP contribution in [0.15, 0.2) is 18.3 Å². The van der Waals surface area contributed by atoms with Crippen LogP contribution in [0.4, 0.5) is 0 Å². The second kappa shape index (κ2) is 7.71.